The van der Waals surface area contributed by atoms with Crippen LogP contribution in [0.5, 0.6) is 0 Å². The van der Waals surface area contributed by atoms with Crippen LogP contribution in [-0.4, -0.2) is 18.4 Å². The van der Waals surface area contributed by atoms with Gasteiger partial charge < -0.3 is 10.2 Å². The molecular formula is C21H26N2O2. The average molecular weight is 338 g/mol. The first kappa shape index (κ1) is 18.7. The summed E-state index contributed by atoms with van der Waals surface area (Å²) in [4.78, 5) is 26.2. The summed E-state index contributed by atoms with van der Waals surface area (Å²) in [5, 5.41) is 2.89. The van der Waals surface area contributed by atoms with Gasteiger partial charge in [-0.25, -0.2) is 0 Å². The maximum absolute atomic E-state index is 12.5. The van der Waals surface area contributed by atoms with Crippen LogP contribution in [0.15, 0.2) is 42.5 Å². The molecule has 132 valence electrons. The Morgan fingerprint density at radius 3 is 2.20 bits per heavy atom. The molecule has 1 N–H and O–H groups in total. The largest absolute Gasteiger partial charge is 0.325 e. The number of aryl methyl sites for hydroxylation is 2. The van der Waals surface area contributed by atoms with Crippen molar-refractivity contribution in [1.29, 1.82) is 0 Å². The Labute approximate surface area is 149 Å². The molecule has 4 heteroatoms. The molecule has 0 aliphatic carbocycles. The molecule has 0 heterocycles. The summed E-state index contributed by atoms with van der Waals surface area (Å²) < 4.78 is 0. The number of para-hydroxylation sites is 1. The third kappa shape index (κ3) is 4.92. The number of nitrogens with zero attached hydrogens (tertiary/aromatic N) is 1. The van der Waals surface area contributed by atoms with Gasteiger partial charge in [0.25, 0.3) is 0 Å². The zero-order valence-electron chi connectivity index (χ0n) is 15.6. The van der Waals surface area contributed by atoms with Crippen molar-refractivity contribution >= 4 is 23.2 Å². The van der Waals surface area contributed by atoms with Crippen molar-refractivity contribution in [2.24, 2.45) is 0 Å². The number of carbonyl (C=O) groups is 2. The fourth-order valence-electron chi connectivity index (χ4n) is 2.98. The minimum Gasteiger partial charge on any atom is -0.325 e. The molecule has 4 nitrogen and oxygen atoms in total. The predicted molar refractivity (Wildman–Crippen MR) is 103 cm³/mol. The number of rotatable bonds is 5. The van der Waals surface area contributed by atoms with Crippen molar-refractivity contribution in [3.8, 4) is 0 Å². The van der Waals surface area contributed by atoms with E-state index in [0.29, 0.717) is 0 Å². The highest BCUT2D eigenvalue weighted by atomic mass is 16.2. The summed E-state index contributed by atoms with van der Waals surface area (Å²) in [6, 6.07) is 13.6. The lowest BCUT2D eigenvalue weighted by atomic mass is 10.0. The molecule has 2 aromatic rings. The number of amides is 2. The minimum absolute atomic E-state index is 0.00788. The maximum Gasteiger partial charge on any atom is 0.244 e. The molecule has 2 rings (SSSR count). The Bertz CT molecular complexity index is 761. The first-order valence-corrected chi connectivity index (χ1v) is 8.53. The first-order chi connectivity index (χ1) is 11.8. The number of benzene rings is 2. The van der Waals surface area contributed by atoms with E-state index in [4.69, 9.17) is 0 Å². The summed E-state index contributed by atoms with van der Waals surface area (Å²) in [6.07, 6.45) is 0. The van der Waals surface area contributed by atoms with Crippen LogP contribution < -0.4 is 10.2 Å². The standard InChI is InChI=1S/C21H26N2O2/c1-14(2)19-8-6-7-9-20(19)23(17(5)24)13-21(25)22-18-11-15(3)10-16(4)12-18/h6-12,14H,13H2,1-5H3,(H,22,25). The summed E-state index contributed by atoms with van der Waals surface area (Å²) in [7, 11) is 0. The fraction of sp³-hybridized carbons (Fsp3) is 0.333. The lowest BCUT2D eigenvalue weighted by Gasteiger charge is -2.25. The molecule has 2 aromatic carbocycles. The van der Waals surface area contributed by atoms with E-state index in [1.165, 1.54) is 11.8 Å². The second-order valence-electron chi connectivity index (χ2n) is 6.74. The second-order valence-corrected chi connectivity index (χ2v) is 6.74. The SMILES string of the molecule is CC(=O)N(CC(=O)Nc1cc(C)cc(C)c1)c1ccccc1C(C)C. The monoisotopic (exact) mass is 338 g/mol. The Morgan fingerprint density at radius 2 is 1.64 bits per heavy atom. The van der Waals surface area contributed by atoms with E-state index in [-0.39, 0.29) is 24.3 Å². The summed E-state index contributed by atoms with van der Waals surface area (Å²) in [5.74, 6) is -0.0945. The minimum atomic E-state index is -0.209. The van der Waals surface area contributed by atoms with Gasteiger partial charge in [-0.3, -0.25) is 9.59 Å². The lowest BCUT2D eigenvalue weighted by molar-refractivity contribution is -0.120. The van der Waals surface area contributed by atoms with Gasteiger partial charge in [0.1, 0.15) is 6.54 Å². The molecule has 0 bridgehead atoms. The maximum atomic E-state index is 12.5. The van der Waals surface area contributed by atoms with Crippen LogP contribution in [0.25, 0.3) is 0 Å². The van der Waals surface area contributed by atoms with Crippen molar-refractivity contribution in [3.63, 3.8) is 0 Å². The molecule has 0 aromatic heterocycles. The molecule has 25 heavy (non-hydrogen) atoms. The molecule has 0 unspecified atom stereocenters. The summed E-state index contributed by atoms with van der Waals surface area (Å²) >= 11 is 0. The van der Waals surface area contributed by atoms with E-state index in [1.54, 1.807) is 0 Å². The number of anilines is 2. The van der Waals surface area contributed by atoms with Gasteiger partial charge in [0, 0.05) is 18.3 Å². The first-order valence-electron chi connectivity index (χ1n) is 8.53. The zero-order valence-corrected chi connectivity index (χ0v) is 15.6. The van der Waals surface area contributed by atoms with Gasteiger partial charge in [-0.1, -0.05) is 38.1 Å². The van der Waals surface area contributed by atoms with Gasteiger partial charge in [0.05, 0.1) is 0 Å². The molecule has 0 saturated carbocycles. The van der Waals surface area contributed by atoms with Gasteiger partial charge in [-0.15, -0.1) is 0 Å². The number of hydrogen-bond acceptors (Lipinski definition) is 2. The molecular weight excluding hydrogens is 312 g/mol. The fourth-order valence-corrected chi connectivity index (χ4v) is 2.98. The highest BCUT2D eigenvalue weighted by Gasteiger charge is 2.19. The Hall–Kier alpha value is -2.62. The molecule has 0 radical (unpaired) electrons. The van der Waals surface area contributed by atoms with Crippen LogP contribution in [-0.2, 0) is 9.59 Å². The van der Waals surface area contributed by atoms with Crippen LogP contribution in [0, 0.1) is 13.8 Å². The van der Waals surface area contributed by atoms with Crippen LogP contribution in [0.2, 0.25) is 0 Å². The molecule has 0 aliphatic rings. The second kappa shape index (κ2) is 7.97. The van der Waals surface area contributed by atoms with Crippen molar-refractivity contribution in [3.05, 3.63) is 59.2 Å². The van der Waals surface area contributed by atoms with Crippen molar-refractivity contribution in [2.75, 3.05) is 16.8 Å². The van der Waals surface area contributed by atoms with Crippen molar-refractivity contribution in [1.82, 2.24) is 0 Å². The highest BCUT2D eigenvalue weighted by molar-refractivity contribution is 6.02. The van der Waals surface area contributed by atoms with Crippen molar-refractivity contribution in [2.45, 2.75) is 40.5 Å². The van der Waals surface area contributed by atoms with Gasteiger partial charge in [0.2, 0.25) is 11.8 Å². The normalized spacial score (nSPS) is 10.6. The Balaban J connectivity index is 2.22. The summed E-state index contributed by atoms with van der Waals surface area (Å²) in [6.45, 7) is 9.61. The van der Waals surface area contributed by atoms with E-state index in [1.807, 2.05) is 50.2 Å². The zero-order chi connectivity index (χ0) is 18.6. The third-order valence-corrected chi connectivity index (χ3v) is 4.04. The molecule has 0 fully saturated rings. The average Bonchev–Trinajstić information content (AvgIpc) is 2.51. The number of hydrogen-bond donors (Lipinski definition) is 1. The van der Waals surface area contributed by atoms with E-state index < -0.39 is 0 Å². The Morgan fingerprint density at radius 1 is 1.04 bits per heavy atom. The van der Waals surface area contributed by atoms with Gasteiger partial charge in [0.15, 0.2) is 0 Å². The highest BCUT2D eigenvalue weighted by Crippen LogP contribution is 2.27. The van der Waals surface area contributed by atoms with Gasteiger partial charge >= 0.3 is 0 Å². The molecule has 2 amide bonds. The smallest absolute Gasteiger partial charge is 0.244 e. The quantitative estimate of drug-likeness (QED) is 0.877. The van der Waals surface area contributed by atoms with Crippen molar-refractivity contribution < 1.29 is 9.59 Å². The van der Waals surface area contributed by atoms with Gasteiger partial charge in [-0.05, 0) is 54.7 Å². The van der Waals surface area contributed by atoms with Crippen LogP contribution in [0.3, 0.4) is 0 Å². The van der Waals surface area contributed by atoms with Crippen LogP contribution >= 0.6 is 0 Å². The van der Waals surface area contributed by atoms with E-state index in [0.717, 1.165) is 28.1 Å². The number of nitrogens with one attached hydrogen (secondary N) is 1. The summed E-state index contributed by atoms with van der Waals surface area (Å²) in [5.41, 5.74) is 4.77. The lowest BCUT2D eigenvalue weighted by Crippen LogP contribution is -2.37. The molecule has 0 atom stereocenters. The molecule has 0 aliphatic heterocycles. The van der Waals surface area contributed by atoms with E-state index in [2.05, 4.69) is 25.2 Å². The molecule has 0 saturated heterocycles. The van der Waals surface area contributed by atoms with Gasteiger partial charge in [-0.2, -0.15) is 0 Å². The van der Waals surface area contributed by atoms with E-state index in [9.17, 15) is 9.59 Å². The number of carbonyl (C=O) groups excluding carboxylic acids is 2. The van der Waals surface area contributed by atoms with Crippen LogP contribution in [0.1, 0.15) is 43.4 Å². The Kier molecular flexibility index (Phi) is 5.97. The van der Waals surface area contributed by atoms with E-state index >= 15 is 0 Å². The van der Waals surface area contributed by atoms with Crippen LogP contribution in [0.4, 0.5) is 11.4 Å². The molecule has 0 spiro atoms. The predicted octanol–water partition coefficient (Wildman–Crippen LogP) is 4.42. The third-order valence-electron chi connectivity index (χ3n) is 4.04. The topological polar surface area (TPSA) is 49.4 Å².